The monoisotopic (exact) mass is 421 g/mol. The van der Waals surface area contributed by atoms with Gasteiger partial charge in [0.1, 0.15) is 29.7 Å². The van der Waals surface area contributed by atoms with Gasteiger partial charge in [0.25, 0.3) is 0 Å². The van der Waals surface area contributed by atoms with E-state index in [9.17, 15) is 13.2 Å². The molecule has 4 heterocycles. The molecule has 0 aromatic carbocycles. The van der Waals surface area contributed by atoms with E-state index in [1.54, 1.807) is 12.1 Å². The van der Waals surface area contributed by atoms with Gasteiger partial charge in [0.15, 0.2) is 0 Å². The number of ether oxygens (including phenoxy) is 1. The molecule has 3 aromatic rings. The Kier molecular flexibility index (Phi) is 5.22. The van der Waals surface area contributed by atoms with Gasteiger partial charge in [-0.15, -0.1) is 0 Å². The number of hydrogen-bond acceptors (Lipinski definition) is 7. The number of anilines is 2. The molecule has 30 heavy (non-hydrogen) atoms. The number of fused-ring (bicyclic) bond motifs is 1. The maximum atomic E-state index is 13.1. The highest BCUT2D eigenvalue weighted by molar-refractivity contribution is 6.00. The summed E-state index contributed by atoms with van der Waals surface area (Å²) in [4.78, 5) is 14.9. The summed E-state index contributed by atoms with van der Waals surface area (Å²) in [6, 6.07) is 1.67. The van der Waals surface area contributed by atoms with Crippen molar-refractivity contribution >= 4 is 22.5 Å². The van der Waals surface area contributed by atoms with Crippen LogP contribution in [-0.4, -0.2) is 62.7 Å². The van der Waals surface area contributed by atoms with E-state index in [4.69, 9.17) is 4.74 Å². The summed E-state index contributed by atoms with van der Waals surface area (Å²) in [6.07, 6.45) is -1.43. The molecular formula is C19H22F3N7O. The summed E-state index contributed by atoms with van der Waals surface area (Å²) < 4.78 is 44.9. The second-order valence-corrected chi connectivity index (χ2v) is 7.49. The minimum atomic E-state index is -4.40. The van der Waals surface area contributed by atoms with Gasteiger partial charge in [-0.3, -0.25) is 5.10 Å². The maximum absolute atomic E-state index is 13.1. The summed E-state index contributed by atoms with van der Waals surface area (Å²) >= 11 is 0. The average molecular weight is 421 g/mol. The van der Waals surface area contributed by atoms with E-state index in [0.29, 0.717) is 41.2 Å². The van der Waals surface area contributed by atoms with Gasteiger partial charge >= 0.3 is 6.18 Å². The first-order valence-corrected chi connectivity index (χ1v) is 9.61. The van der Waals surface area contributed by atoms with Crippen molar-refractivity contribution in [2.45, 2.75) is 45.2 Å². The number of aromatic amines is 1. The summed E-state index contributed by atoms with van der Waals surface area (Å²) in [7, 11) is 0. The molecule has 11 heteroatoms. The molecule has 1 fully saturated rings. The first-order chi connectivity index (χ1) is 14.2. The minimum Gasteiger partial charge on any atom is -0.372 e. The molecule has 3 aromatic heterocycles. The largest absolute Gasteiger partial charge is 0.408 e. The fourth-order valence-electron chi connectivity index (χ4n) is 3.56. The molecule has 8 nitrogen and oxygen atoms in total. The molecular weight excluding hydrogens is 399 g/mol. The average Bonchev–Trinajstić information content (AvgIpc) is 3.12. The third kappa shape index (κ3) is 4.02. The molecule has 0 saturated carbocycles. The Bertz CT molecular complexity index is 1030. The SMILES string of the molecule is C[C@@H]1CN(c2cc(-c3n[nH]c4ccnc(N[C@@H](C)C(F)(F)F)c34)ncn2)C[C@H](C)O1. The van der Waals surface area contributed by atoms with Crippen molar-refractivity contribution in [3.05, 3.63) is 24.7 Å². The smallest absolute Gasteiger partial charge is 0.372 e. The van der Waals surface area contributed by atoms with Crippen LogP contribution in [0.15, 0.2) is 24.7 Å². The Balaban J connectivity index is 1.72. The zero-order valence-electron chi connectivity index (χ0n) is 16.7. The molecule has 0 amide bonds. The van der Waals surface area contributed by atoms with E-state index in [0.717, 1.165) is 6.92 Å². The van der Waals surface area contributed by atoms with Crippen LogP contribution in [0.4, 0.5) is 24.8 Å². The molecule has 1 saturated heterocycles. The molecule has 0 bridgehead atoms. The normalized spacial score (nSPS) is 21.1. The van der Waals surface area contributed by atoms with Crippen LogP contribution < -0.4 is 10.2 Å². The number of alkyl halides is 3. The van der Waals surface area contributed by atoms with Crippen LogP contribution in [0.25, 0.3) is 22.3 Å². The van der Waals surface area contributed by atoms with Crippen LogP contribution in [0.5, 0.6) is 0 Å². The predicted octanol–water partition coefficient (Wildman–Crippen LogP) is 3.39. The van der Waals surface area contributed by atoms with Crippen molar-refractivity contribution in [3.63, 3.8) is 0 Å². The van der Waals surface area contributed by atoms with E-state index < -0.39 is 12.2 Å². The summed E-state index contributed by atoms with van der Waals surface area (Å²) in [5.41, 5.74) is 1.47. The maximum Gasteiger partial charge on any atom is 0.408 e. The Morgan fingerprint density at radius 3 is 2.63 bits per heavy atom. The summed E-state index contributed by atoms with van der Waals surface area (Å²) in [5.74, 6) is 0.801. The predicted molar refractivity (Wildman–Crippen MR) is 106 cm³/mol. The van der Waals surface area contributed by atoms with Gasteiger partial charge in [0.05, 0.1) is 28.8 Å². The Labute approximate surface area is 170 Å². The zero-order chi connectivity index (χ0) is 21.5. The molecule has 4 rings (SSSR count). The van der Waals surface area contributed by atoms with Crippen molar-refractivity contribution in [2.24, 2.45) is 0 Å². The van der Waals surface area contributed by atoms with Crippen LogP contribution in [-0.2, 0) is 4.74 Å². The van der Waals surface area contributed by atoms with Gasteiger partial charge in [0.2, 0.25) is 0 Å². The Morgan fingerprint density at radius 2 is 1.93 bits per heavy atom. The summed E-state index contributed by atoms with van der Waals surface area (Å²) in [6.45, 7) is 6.40. The van der Waals surface area contributed by atoms with Crippen LogP contribution in [0.3, 0.4) is 0 Å². The van der Waals surface area contributed by atoms with Crippen LogP contribution in [0.2, 0.25) is 0 Å². The fraction of sp³-hybridized carbons (Fsp3) is 0.474. The van der Waals surface area contributed by atoms with Gasteiger partial charge in [-0.2, -0.15) is 18.3 Å². The lowest BCUT2D eigenvalue weighted by Gasteiger charge is -2.36. The molecule has 160 valence electrons. The zero-order valence-corrected chi connectivity index (χ0v) is 16.7. The lowest BCUT2D eigenvalue weighted by molar-refractivity contribution is -0.138. The number of morpholine rings is 1. The number of aromatic nitrogens is 5. The lowest BCUT2D eigenvalue weighted by atomic mass is 10.1. The van der Waals surface area contributed by atoms with Crippen LogP contribution in [0.1, 0.15) is 20.8 Å². The van der Waals surface area contributed by atoms with Crippen molar-refractivity contribution in [1.82, 2.24) is 25.1 Å². The van der Waals surface area contributed by atoms with Gasteiger partial charge in [-0.25, -0.2) is 15.0 Å². The Hall–Kier alpha value is -2.95. The first-order valence-electron chi connectivity index (χ1n) is 9.61. The number of pyridine rings is 1. The molecule has 0 radical (unpaired) electrons. The highest BCUT2D eigenvalue weighted by atomic mass is 19.4. The number of H-pyrrole nitrogens is 1. The Morgan fingerprint density at radius 1 is 1.20 bits per heavy atom. The number of hydrogen-bond donors (Lipinski definition) is 2. The van der Waals surface area contributed by atoms with Crippen molar-refractivity contribution in [3.8, 4) is 11.4 Å². The van der Waals surface area contributed by atoms with E-state index in [2.05, 4.69) is 35.4 Å². The third-order valence-electron chi connectivity index (χ3n) is 4.96. The highest BCUT2D eigenvalue weighted by Crippen LogP contribution is 2.33. The van der Waals surface area contributed by atoms with E-state index in [-0.39, 0.29) is 18.0 Å². The third-order valence-corrected chi connectivity index (χ3v) is 4.96. The van der Waals surface area contributed by atoms with Gasteiger partial charge in [-0.05, 0) is 26.8 Å². The second kappa shape index (κ2) is 7.71. The quantitative estimate of drug-likeness (QED) is 0.667. The molecule has 3 atom stereocenters. The molecule has 1 aliphatic heterocycles. The van der Waals surface area contributed by atoms with E-state index in [1.807, 2.05) is 13.8 Å². The van der Waals surface area contributed by atoms with Gasteiger partial charge in [-0.1, -0.05) is 0 Å². The van der Waals surface area contributed by atoms with Crippen molar-refractivity contribution in [1.29, 1.82) is 0 Å². The van der Waals surface area contributed by atoms with Gasteiger partial charge in [0, 0.05) is 25.4 Å². The van der Waals surface area contributed by atoms with E-state index in [1.165, 1.54) is 12.5 Å². The van der Waals surface area contributed by atoms with Crippen LogP contribution in [0, 0.1) is 0 Å². The van der Waals surface area contributed by atoms with E-state index >= 15 is 0 Å². The highest BCUT2D eigenvalue weighted by Gasteiger charge is 2.36. The number of nitrogens with zero attached hydrogens (tertiary/aromatic N) is 5. The van der Waals surface area contributed by atoms with Crippen molar-refractivity contribution < 1.29 is 17.9 Å². The molecule has 0 aliphatic carbocycles. The van der Waals surface area contributed by atoms with Crippen LogP contribution >= 0.6 is 0 Å². The van der Waals surface area contributed by atoms with Crippen molar-refractivity contribution in [2.75, 3.05) is 23.3 Å². The number of rotatable bonds is 4. The topological polar surface area (TPSA) is 91.9 Å². The van der Waals surface area contributed by atoms with Gasteiger partial charge < -0.3 is 15.0 Å². The molecule has 0 spiro atoms. The molecule has 0 unspecified atom stereocenters. The second-order valence-electron chi connectivity index (χ2n) is 7.49. The fourth-order valence-corrected chi connectivity index (χ4v) is 3.56. The summed E-state index contributed by atoms with van der Waals surface area (Å²) in [5, 5.41) is 10.0. The lowest BCUT2D eigenvalue weighted by Crippen LogP contribution is -2.45. The minimum absolute atomic E-state index is 0.0576. The number of nitrogens with one attached hydrogen (secondary N) is 2. The molecule has 1 aliphatic rings. The number of halogens is 3. The first kappa shape index (κ1) is 20.3. The molecule has 2 N–H and O–H groups in total. The standard InChI is InChI=1S/C19H22F3N7O/c1-10-7-29(8-11(2)30-10)15-6-14(24-9-25-15)17-16-13(27-28-17)4-5-23-18(16)26-12(3)19(20,21)22/h4-6,9-12H,7-8H2,1-3H3,(H,23,26)(H,27,28)/t10-,11+,12-/m0/s1.